The molecule has 16 heavy (non-hydrogen) atoms. The number of hydrogen-bond donors (Lipinski definition) is 0. The van der Waals surface area contributed by atoms with Gasteiger partial charge in [-0.1, -0.05) is 57.0 Å². The van der Waals surface area contributed by atoms with Gasteiger partial charge in [0.15, 0.2) is 0 Å². The first-order chi connectivity index (χ1) is 7.86. The molecule has 0 aromatic heterocycles. The second-order valence-electron chi connectivity index (χ2n) is 4.47. The molecule has 1 rings (SSSR count). The van der Waals surface area contributed by atoms with Gasteiger partial charge in [-0.3, -0.25) is 0 Å². The summed E-state index contributed by atoms with van der Waals surface area (Å²) in [4.78, 5) is 0. The van der Waals surface area contributed by atoms with Gasteiger partial charge in [0.25, 0.3) is 0 Å². The SMILES string of the molecule is CCCCP(CCCC)Cc1ccccc1. The van der Waals surface area contributed by atoms with E-state index in [0.717, 1.165) is 0 Å². The lowest BCUT2D eigenvalue weighted by molar-refractivity contribution is 0.865. The summed E-state index contributed by atoms with van der Waals surface area (Å²) in [5.41, 5.74) is 1.54. The van der Waals surface area contributed by atoms with E-state index in [0.29, 0.717) is 0 Å². The highest BCUT2D eigenvalue weighted by Crippen LogP contribution is 2.41. The zero-order valence-corrected chi connectivity index (χ0v) is 11.7. The predicted molar refractivity (Wildman–Crippen MR) is 76.6 cm³/mol. The minimum Gasteiger partial charge on any atom is -0.102 e. The van der Waals surface area contributed by atoms with Gasteiger partial charge in [-0.15, -0.1) is 7.92 Å². The Morgan fingerprint density at radius 1 is 0.875 bits per heavy atom. The highest BCUT2D eigenvalue weighted by Gasteiger charge is 2.07. The Labute approximate surface area is 102 Å². The van der Waals surface area contributed by atoms with Gasteiger partial charge in [0, 0.05) is 0 Å². The molecule has 0 unspecified atom stereocenters. The molecule has 1 aromatic rings. The Morgan fingerprint density at radius 2 is 1.44 bits per heavy atom. The summed E-state index contributed by atoms with van der Waals surface area (Å²) in [5.74, 6) is 0. The molecule has 90 valence electrons. The fourth-order valence-electron chi connectivity index (χ4n) is 1.87. The summed E-state index contributed by atoms with van der Waals surface area (Å²) in [6, 6.07) is 11.0. The van der Waals surface area contributed by atoms with Crippen LogP contribution in [0.5, 0.6) is 0 Å². The van der Waals surface area contributed by atoms with Crippen molar-refractivity contribution < 1.29 is 0 Å². The molecule has 0 nitrogen and oxygen atoms in total. The monoisotopic (exact) mass is 236 g/mol. The molecule has 0 amide bonds. The fraction of sp³-hybridized carbons (Fsp3) is 0.600. The van der Waals surface area contributed by atoms with Crippen molar-refractivity contribution in [2.75, 3.05) is 12.3 Å². The minimum absolute atomic E-state index is 0.251. The van der Waals surface area contributed by atoms with Crippen LogP contribution in [-0.2, 0) is 6.16 Å². The van der Waals surface area contributed by atoms with E-state index in [2.05, 4.69) is 44.2 Å². The van der Waals surface area contributed by atoms with Crippen molar-refractivity contribution in [2.24, 2.45) is 0 Å². The van der Waals surface area contributed by atoms with Gasteiger partial charge >= 0.3 is 0 Å². The number of hydrogen-bond acceptors (Lipinski definition) is 0. The predicted octanol–water partition coefficient (Wildman–Crippen LogP) is 5.27. The van der Waals surface area contributed by atoms with E-state index >= 15 is 0 Å². The quantitative estimate of drug-likeness (QED) is 0.539. The number of unbranched alkanes of at least 4 members (excludes halogenated alkanes) is 2. The van der Waals surface area contributed by atoms with E-state index in [-0.39, 0.29) is 7.92 Å². The maximum absolute atomic E-state index is 2.30. The Kier molecular flexibility index (Phi) is 7.51. The van der Waals surface area contributed by atoms with Crippen LogP contribution in [0.2, 0.25) is 0 Å². The fourth-order valence-corrected chi connectivity index (χ4v) is 4.67. The smallest absolute Gasteiger partial charge is 0.00731 e. The average Bonchev–Trinajstić information content (AvgIpc) is 2.34. The van der Waals surface area contributed by atoms with E-state index < -0.39 is 0 Å². The van der Waals surface area contributed by atoms with Gasteiger partial charge < -0.3 is 0 Å². The summed E-state index contributed by atoms with van der Waals surface area (Å²) in [5, 5.41) is 0. The summed E-state index contributed by atoms with van der Waals surface area (Å²) < 4.78 is 0. The van der Waals surface area contributed by atoms with Crippen LogP contribution in [0, 0.1) is 0 Å². The Hall–Kier alpha value is -0.350. The minimum atomic E-state index is 0.251. The van der Waals surface area contributed by atoms with E-state index in [9.17, 15) is 0 Å². The molecule has 0 aliphatic heterocycles. The molecule has 0 heterocycles. The Bertz CT molecular complexity index is 247. The summed E-state index contributed by atoms with van der Waals surface area (Å²) >= 11 is 0. The van der Waals surface area contributed by atoms with E-state index in [1.165, 1.54) is 44.2 Å². The standard InChI is InChI=1S/C15H25P/c1-3-5-12-16(13-6-4-2)14-15-10-8-7-9-11-15/h7-11H,3-6,12-14H2,1-2H3. The topological polar surface area (TPSA) is 0 Å². The van der Waals surface area contributed by atoms with Gasteiger partial charge in [-0.2, -0.15) is 0 Å². The highest BCUT2D eigenvalue weighted by molar-refractivity contribution is 7.56. The maximum Gasteiger partial charge on any atom is -0.00731 e. The first kappa shape index (κ1) is 13.7. The third kappa shape index (κ3) is 5.66. The molecule has 0 fully saturated rings. The molecule has 1 aromatic carbocycles. The van der Waals surface area contributed by atoms with Gasteiger partial charge in [0.1, 0.15) is 0 Å². The molecule has 0 saturated heterocycles. The molecule has 0 aliphatic carbocycles. The van der Waals surface area contributed by atoms with Crippen LogP contribution >= 0.6 is 7.92 Å². The lowest BCUT2D eigenvalue weighted by atomic mass is 10.2. The Balaban J connectivity index is 2.42. The van der Waals surface area contributed by atoms with Crippen molar-refractivity contribution in [1.29, 1.82) is 0 Å². The third-order valence-electron chi connectivity index (χ3n) is 2.90. The molecule has 0 aliphatic rings. The Morgan fingerprint density at radius 3 is 1.94 bits per heavy atom. The summed E-state index contributed by atoms with van der Waals surface area (Å²) in [7, 11) is 0.251. The van der Waals surface area contributed by atoms with Gasteiger partial charge in [0.05, 0.1) is 0 Å². The van der Waals surface area contributed by atoms with Crippen LogP contribution in [0.4, 0.5) is 0 Å². The zero-order chi connectivity index (χ0) is 11.6. The zero-order valence-electron chi connectivity index (χ0n) is 10.8. The molecule has 0 saturated carbocycles. The maximum atomic E-state index is 2.30. The molecular formula is C15H25P. The summed E-state index contributed by atoms with van der Waals surface area (Å²) in [6.45, 7) is 4.60. The molecule has 0 spiro atoms. The molecule has 0 atom stereocenters. The van der Waals surface area contributed by atoms with Crippen molar-refractivity contribution in [3.05, 3.63) is 35.9 Å². The normalized spacial score (nSPS) is 10.9. The van der Waals surface area contributed by atoms with E-state index in [1.807, 2.05) is 0 Å². The first-order valence-corrected chi connectivity index (χ1v) is 8.52. The van der Waals surface area contributed by atoms with Crippen LogP contribution in [0.1, 0.15) is 45.1 Å². The van der Waals surface area contributed by atoms with E-state index in [1.54, 1.807) is 5.56 Å². The largest absolute Gasteiger partial charge is 0.102 e. The van der Waals surface area contributed by atoms with Gasteiger partial charge in [-0.25, -0.2) is 0 Å². The van der Waals surface area contributed by atoms with Crippen LogP contribution in [0.3, 0.4) is 0 Å². The number of benzene rings is 1. The summed E-state index contributed by atoms with van der Waals surface area (Å²) in [6.07, 6.45) is 9.82. The van der Waals surface area contributed by atoms with Crippen molar-refractivity contribution in [2.45, 2.75) is 45.7 Å². The third-order valence-corrected chi connectivity index (χ3v) is 5.61. The second kappa shape index (κ2) is 8.76. The highest BCUT2D eigenvalue weighted by atomic mass is 31.1. The van der Waals surface area contributed by atoms with E-state index in [4.69, 9.17) is 0 Å². The molecular weight excluding hydrogens is 211 g/mol. The van der Waals surface area contributed by atoms with Gasteiger partial charge in [-0.05, 0) is 36.9 Å². The molecule has 1 heteroatoms. The van der Waals surface area contributed by atoms with Gasteiger partial charge in [0.2, 0.25) is 0 Å². The average molecular weight is 236 g/mol. The lowest BCUT2D eigenvalue weighted by Crippen LogP contribution is -1.94. The number of rotatable bonds is 8. The lowest BCUT2D eigenvalue weighted by Gasteiger charge is -2.17. The van der Waals surface area contributed by atoms with Crippen LogP contribution in [0.25, 0.3) is 0 Å². The van der Waals surface area contributed by atoms with Crippen molar-refractivity contribution in [3.63, 3.8) is 0 Å². The van der Waals surface area contributed by atoms with Crippen molar-refractivity contribution >= 4 is 7.92 Å². The molecule has 0 radical (unpaired) electrons. The molecule has 0 N–H and O–H groups in total. The van der Waals surface area contributed by atoms with Crippen molar-refractivity contribution in [1.82, 2.24) is 0 Å². The van der Waals surface area contributed by atoms with Crippen LogP contribution < -0.4 is 0 Å². The van der Waals surface area contributed by atoms with Crippen LogP contribution in [0.15, 0.2) is 30.3 Å². The molecule has 0 bridgehead atoms. The second-order valence-corrected chi connectivity index (χ2v) is 7.02. The van der Waals surface area contributed by atoms with Crippen molar-refractivity contribution in [3.8, 4) is 0 Å². The van der Waals surface area contributed by atoms with Crippen LogP contribution in [-0.4, -0.2) is 12.3 Å². The first-order valence-electron chi connectivity index (χ1n) is 6.63.